The zero-order chi connectivity index (χ0) is 21.5. The molecule has 3 rings (SSSR count). The summed E-state index contributed by atoms with van der Waals surface area (Å²) >= 11 is 0. The summed E-state index contributed by atoms with van der Waals surface area (Å²) in [6.07, 6.45) is 3.19. The Morgan fingerprint density at radius 1 is 1.37 bits per heavy atom. The number of aromatic nitrogens is 5. The highest BCUT2D eigenvalue weighted by Crippen LogP contribution is 2.31. The van der Waals surface area contributed by atoms with Gasteiger partial charge in [0.1, 0.15) is 5.82 Å². The Morgan fingerprint density at radius 3 is 2.80 bits per heavy atom. The minimum absolute atomic E-state index is 0.148. The fraction of sp³-hybridized carbons (Fsp3) is 0.650. The molecule has 10 nitrogen and oxygen atoms in total. The summed E-state index contributed by atoms with van der Waals surface area (Å²) in [6, 6.07) is 3.82. The van der Waals surface area contributed by atoms with E-state index in [4.69, 9.17) is 0 Å². The number of carbonyl (C=O) groups is 1. The van der Waals surface area contributed by atoms with Gasteiger partial charge in [0.2, 0.25) is 0 Å². The van der Waals surface area contributed by atoms with Crippen LogP contribution in [0.15, 0.2) is 18.3 Å². The fourth-order valence-electron chi connectivity index (χ4n) is 3.94. The summed E-state index contributed by atoms with van der Waals surface area (Å²) in [7, 11) is 0. The second kappa shape index (κ2) is 10.4. The molecule has 4 unspecified atom stereocenters. The Balaban J connectivity index is 1.66. The molecule has 164 valence electrons. The molecule has 30 heavy (non-hydrogen) atoms. The Kier molecular flexibility index (Phi) is 7.69. The van der Waals surface area contributed by atoms with Crippen LogP contribution in [0.5, 0.6) is 0 Å². The summed E-state index contributed by atoms with van der Waals surface area (Å²) in [5, 5.41) is 40.6. The molecule has 0 saturated carbocycles. The molecular weight excluding hydrogens is 386 g/mol. The van der Waals surface area contributed by atoms with Crippen LogP contribution in [0.4, 0.5) is 5.82 Å². The molecule has 0 spiro atoms. The van der Waals surface area contributed by atoms with E-state index < -0.39 is 17.8 Å². The molecule has 1 saturated heterocycles. The summed E-state index contributed by atoms with van der Waals surface area (Å²) in [5.41, 5.74) is 0.907. The van der Waals surface area contributed by atoms with Gasteiger partial charge in [0, 0.05) is 31.1 Å². The number of aliphatic hydroxyl groups is 1. The van der Waals surface area contributed by atoms with Crippen LogP contribution in [0.3, 0.4) is 0 Å². The average molecular weight is 418 g/mol. The van der Waals surface area contributed by atoms with Crippen LogP contribution in [0.1, 0.15) is 44.0 Å². The summed E-state index contributed by atoms with van der Waals surface area (Å²) in [5.74, 6) is -0.350. The van der Waals surface area contributed by atoms with E-state index in [0.717, 1.165) is 30.9 Å². The first kappa shape index (κ1) is 22.1. The lowest BCUT2D eigenvalue weighted by Gasteiger charge is -2.28. The van der Waals surface area contributed by atoms with Gasteiger partial charge in [-0.15, -0.1) is 10.2 Å². The lowest BCUT2D eigenvalue weighted by Crippen LogP contribution is -2.43. The van der Waals surface area contributed by atoms with Gasteiger partial charge in [0.05, 0.1) is 12.0 Å². The van der Waals surface area contributed by atoms with Gasteiger partial charge in [-0.3, -0.25) is 4.79 Å². The van der Waals surface area contributed by atoms with Crippen LogP contribution in [0.2, 0.25) is 0 Å². The maximum absolute atomic E-state index is 11.9. The topological polar surface area (TPSA) is 149 Å². The first-order chi connectivity index (χ1) is 14.4. The van der Waals surface area contributed by atoms with Crippen molar-refractivity contribution in [2.75, 3.05) is 25.0 Å². The van der Waals surface area contributed by atoms with Crippen molar-refractivity contribution in [2.45, 2.75) is 45.1 Å². The lowest BCUT2D eigenvalue weighted by atomic mass is 9.81. The molecule has 2 aromatic heterocycles. The fourth-order valence-corrected chi connectivity index (χ4v) is 3.94. The molecule has 2 aromatic rings. The van der Waals surface area contributed by atoms with Crippen LogP contribution < -0.4 is 10.6 Å². The molecule has 0 bridgehead atoms. The van der Waals surface area contributed by atoms with Gasteiger partial charge in [-0.25, -0.2) is 4.98 Å². The van der Waals surface area contributed by atoms with Crippen LogP contribution in [0, 0.1) is 17.8 Å². The second-order valence-electron chi connectivity index (χ2n) is 8.41. The van der Waals surface area contributed by atoms with Gasteiger partial charge in [-0.1, -0.05) is 25.1 Å². The van der Waals surface area contributed by atoms with E-state index in [-0.39, 0.29) is 17.9 Å². The van der Waals surface area contributed by atoms with E-state index in [1.807, 2.05) is 26.0 Å². The number of tetrazole rings is 1. The molecule has 1 aliphatic rings. The largest absolute Gasteiger partial charge is 0.481 e. The van der Waals surface area contributed by atoms with Crippen molar-refractivity contribution in [1.82, 2.24) is 30.9 Å². The molecule has 1 fully saturated rings. The maximum atomic E-state index is 11.9. The highest BCUT2D eigenvalue weighted by molar-refractivity contribution is 5.71. The molecule has 10 heteroatoms. The number of aliphatic hydroxyl groups excluding tert-OH is 1. The normalized spacial score (nSPS) is 21.3. The van der Waals surface area contributed by atoms with Gasteiger partial charge in [-0.2, -0.15) is 5.21 Å². The zero-order valence-electron chi connectivity index (χ0n) is 17.5. The lowest BCUT2D eigenvalue weighted by molar-refractivity contribution is -0.143. The molecular formula is C20H31N7O3. The number of hydrogen-bond acceptors (Lipinski definition) is 8. The molecule has 0 amide bonds. The van der Waals surface area contributed by atoms with E-state index in [0.29, 0.717) is 25.2 Å². The van der Waals surface area contributed by atoms with Gasteiger partial charge < -0.3 is 20.8 Å². The van der Waals surface area contributed by atoms with Crippen molar-refractivity contribution in [3.05, 3.63) is 29.7 Å². The second-order valence-corrected chi connectivity index (χ2v) is 8.41. The summed E-state index contributed by atoms with van der Waals surface area (Å²) in [4.78, 5) is 16.4. The number of piperidine rings is 1. The Hall–Kier alpha value is -2.59. The van der Waals surface area contributed by atoms with Gasteiger partial charge in [0.15, 0.2) is 5.82 Å². The highest BCUT2D eigenvalue weighted by Gasteiger charge is 2.33. The first-order valence-electron chi connectivity index (χ1n) is 10.5. The van der Waals surface area contributed by atoms with E-state index in [9.17, 15) is 15.0 Å². The summed E-state index contributed by atoms with van der Waals surface area (Å²) < 4.78 is 0. The quantitative estimate of drug-likeness (QED) is 0.382. The van der Waals surface area contributed by atoms with E-state index in [2.05, 4.69) is 36.2 Å². The highest BCUT2D eigenvalue weighted by atomic mass is 16.4. The van der Waals surface area contributed by atoms with Crippen molar-refractivity contribution >= 4 is 11.8 Å². The monoisotopic (exact) mass is 417 g/mol. The van der Waals surface area contributed by atoms with Crippen molar-refractivity contribution in [2.24, 2.45) is 17.8 Å². The molecule has 0 aromatic carbocycles. The molecule has 1 aliphatic heterocycles. The van der Waals surface area contributed by atoms with Gasteiger partial charge >= 0.3 is 5.97 Å². The predicted octanol–water partition coefficient (Wildman–Crippen LogP) is 1.05. The number of carboxylic acids is 1. The zero-order valence-corrected chi connectivity index (χ0v) is 17.5. The number of aliphatic carboxylic acids is 1. The third-order valence-electron chi connectivity index (χ3n) is 5.61. The minimum atomic E-state index is -0.857. The number of carboxylic acid groups (broad SMARTS) is 1. The van der Waals surface area contributed by atoms with Crippen LogP contribution in [0.25, 0.3) is 0 Å². The van der Waals surface area contributed by atoms with Crippen molar-refractivity contribution < 1.29 is 15.0 Å². The Bertz CT molecular complexity index is 782. The summed E-state index contributed by atoms with van der Waals surface area (Å²) in [6.45, 7) is 6.28. The number of aromatic amines is 1. The van der Waals surface area contributed by atoms with E-state index >= 15 is 0 Å². The standard InChI is InChI=1S/C20H31N7O3/c1-12(2)7-16(20(29)30)15(19-24-26-27-25-19)8-13-3-4-18(22-9-13)23-11-14-10-21-6-5-17(14)28/h3-4,9,12,14-17,21,28H,5-8,10-11H2,1-2H3,(H,22,23)(H,29,30)(H,24,25,26,27). The third-order valence-corrected chi connectivity index (χ3v) is 5.61. The molecule has 3 heterocycles. The number of rotatable bonds is 10. The maximum Gasteiger partial charge on any atom is 0.307 e. The van der Waals surface area contributed by atoms with Crippen LogP contribution >= 0.6 is 0 Å². The predicted molar refractivity (Wildman–Crippen MR) is 111 cm³/mol. The van der Waals surface area contributed by atoms with Crippen molar-refractivity contribution in [3.63, 3.8) is 0 Å². The van der Waals surface area contributed by atoms with Crippen molar-refractivity contribution in [1.29, 1.82) is 0 Å². The Labute approximate surface area is 175 Å². The molecule has 0 radical (unpaired) electrons. The molecule has 5 N–H and O–H groups in total. The van der Waals surface area contributed by atoms with Gasteiger partial charge in [0.25, 0.3) is 0 Å². The smallest absolute Gasteiger partial charge is 0.307 e. The molecule has 4 atom stereocenters. The molecule has 0 aliphatic carbocycles. The van der Waals surface area contributed by atoms with Crippen LogP contribution in [-0.2, 0) is 11.2 Å². The number of H-pyrrole nitrogens is 1. The van der Waals surface area contributed by atoms with E-state index in [1.165, 1.54) is 0 Å². The Morgan fingerprint density at radius 2 is 2.20 bits per heavy atom. The van der Waals surface area contributed by atoms with Crippen LogP contribution in [-0.4, -0.2) is 67.5 Å². The van der Waals surface area contributed by atoms with Gasteiger partial charge in [-0.05, 0) is 43.4 Å². The van der Waals surface area contributed by atoms with Crippen molar-refractivity contribution in [3.8, 4) is 0 Å². The average Bonchev–Trinajstić information content (AvgIpc) is 3.25. The number of anilines is 1. The SMILES string of the molecule is CC(C)CC(C(=O)O)C(Cc1ccc(NCC2CNCCC2O)nc1)c1nn[nH]n1. The van der Waals surface area contributed by atoms with E-state index in [1.54, 1.807) is 6.20 Å². The first-order valence-corrected chi connectivity index (χ1v) is 10.5. The number of nitrogens with one attached hydrogen (secondary N) is 3. The minimum Gasteiger partial charge on any atom is -0.481 e. The number of pyridine rings is 1. The number of nitrogens with zero attached hydrogens (tertiary/aromatic N) is 4. The third kappa shape index (κ3) is 5.96. The number of hydrogen-bond donors (Lipinski definition) is 5.